The van der Waals surface area contributed by atoms with E-state index in [1.165, 1.54) is 20.2 Å². The van der Waals surface area contributed by atoms with E-state index in [0.717, 1.165) is 5.56 Å². The van der Waals surface area contributed by atoms with Gasteiger partial charge in [-0.05, 0) is 31.5 Å². The van der Waals surface area contributed by atoms with Crippen LogP contribution in [0.15, 0.2) is 52.8 Å². The van der Waals surface area contributed by atoms with Gasteiger partial charge in [0.25, 0.3) is 5.91 Å². The Morgan fingerprint density at radius 3 is 2.41 bits per heavy atom. The maximum absolute atomic E-state index is 12.5. The van der Waals surface area contributed by atoms with Gasteiger partial charge in [-0.1, -0.05) is 40.6 Å². The molecule has 0 heterocycles. The fraction of sp³-hybridized carbons (Fsp3) is 0.318. The van der Waals surface area contributed by atoms with E-state index < -0.39 is 18.7 Å². The second-order valence-electron chi connectivity index (χ2n) is 6.65. The first-order valence-electron chi connectivity index (χ1n) is 9.55. The minimum Gasteiger partial charge on any atom is -0.483 e. The largest absolute Gasteiger partial charge is 0.483 e. The number of amides is 1. The number of hydrogen-bond acceptors (Lipinski definition) is 6. The van der Waals surface area contributed by atoms with Crippen molar-refractivity contribution in [3.63, 3.8) is 0 Å². The minimum atomic E-state index is -4.46. The van der Waals surface area contributed by atoms with E-state index in [4.69, 9.17) is 14.4 Å². The number of benzene rings is 2. The number of nitrogens with one attached hydrogen (secondary N) is 1. The van der Waals surface area contributed by atoms with Gasteiger partial charge < -0.3 is 19.7 Å². The number of oxime groups is 2. The molecule has 0 aliphatic rings. The van der Waals surface area contributed by atoms with Crippen LogP contribution in [0.5, 0.6) is 5.75 Å². The summed E-state index contributed by atoms with van der Waals surface area (Å²) in [6, 6.07) is 11.6. The number of halogens is 3. The van der Waals surface area contributed by atoms with Crippen LogP contribution in [0.2, 0.25) is 0 Å². The molecule has 2 rings (SSSR count). The van der Waals surface area contributed by atoms with Crippen molar-refractivity contribution in [2.75, 3.05) is 20.8 Å². The molecular formula is C22H24F3N3O4. The highest BCUT2D eigenvalue weighted by molar-refractivity contribution is 6.45. The highest BCUT2D eigenvalue weighted by Crippen LogP contribution is 2.23. The molecule has 0 fully saturated rings. The number of hydrogen-bond donors (Lipinski definition) is 1. The molecule has 2 aromatic carbocycles. The molecule has 0 aliphatic carbocycles. The lowest BCUT2D eigenvalue weighted by Gasteiger charge is -2.14. The third-order valence-corrected chi connectivity index (χ3v) is 4.37. The number of alkyl halides is 3. The van der Waals surface area contributed by atoms with Gasteiger partial charge in [-0.25, -0.2) is 0 Å². The van der Waals surface area contributed by atoms with Crippen LogP contribution >= 0.6 is 0 Å². The summed E-state index contributed by atoms with van der Waals surface area (Å²) in [5.74, 6) is -0.394. The Morgan fingerprint density at radius 1 is 1.06 bits per heavy atom. The molecule has 1 N–H and O–H groups in total. The van der Waals surface area contributed by atoms with Crippen molar-refractivity contribution in [2.45, 2.75) is 26.6 Å². The fourth-order valence-electron chi connectivity index (χ4n) is 2.83. The molecule has 0 spiro atoms. The van der Waals surface area contributed by atoms with E-state index in [-0.39, 0.29) is 18.1 Å². The number of ether oxygens (including phenoxy) is 1. The van der Waals surface area contributed by atoms with Gasteiger partial charge in [0, 0.05) is 23.7 Å². The molecule has 172 valence electrons. The number of likely N-dealkylation sites (N-methyl/N-ethyl adjacent to an activating group) is 1. The van der Waals surface area contributed by atoms with Gasteiger partial charge >= 0.3 is 6.18 Å². The van der Waals surface area contributed by atoms with Crippen LogP contribution in [0.4, 0.5) is 13.2 Å². The number of rotatable bonds is 9. The zero-order valence-corrected chi connectivity index (χ0v) is 18.1. The molecule has 10 heteroatoms. The van der Waals surface area contributed by atoms with Crippen LogP contribution in [0.25, 0.3) is 0 Å². The second-order valence-corrected chi connectivity index (χ2v) is 6.65. The van der Waals surface area contributed by atoms with Crippen molar-refractivity contribution >= 4 is 17.3 Å². The third-order valence-electron chi connectivity index (χ3n) is 4.37. The molecule has 7 nitrogen and oxygen atoms in total. The van der Waals surface area contributed by atoms with Gasteiger partial charge in [-0.3, -0.25) is 4.79 Å². The molecule has 0 bridgehead atoms. The third kappa shape index (κ3) is 6.73. The van der Waals surface area contributed by atoms with E-state index in [2.05, 4.69) is 15.6 Å². The summed E-state index contributed by atoms with van der Waals surface area (Å²) < 4.78 is 42.4. The average Bonchev–Trinajstić information content (AvgIpc) is 2.76. The topological polar surface area (TPSA) is 81.5 Å². The van der Waals surface area contributed by atoms with E-state index in [1.807, 2.05) is 13.0 Å². The lowest BCUT2D eigenvalue weighted by Crippen LogP contribution is -2.29. The first kappa shape index (κ1) is 24.7. The summed E-state index contributed by atoms with van der Waals surface area (Å²) >= 11 is 0. The summed E-state index contributed by atoms with van der Waals surface area (Å²) in [6.07, 6.45) is -4.46. The highest BCUT2D eigenvalue weighted by Gasteiger charge is 2.29. The van der Waals surface area contributed by atoms with Crippen LogP contribution in [0.1, 0.15) is 29.2 Å². The number of carbonyl (C=O) groups is 1. The van der Waals surface area contributed by atoms with Crippen molar-refractivity contribution in [3.05, 3.63) is 64.7 Å². The average molecular weight is 451 g/mol. The summed E-state index contributed by atoms with van der Waals surface area (Å²) in [6.45, 7) is 2.01. The Labute approximate surface area is 183 Å². The van der Waals surface area contributed by atoms with Crippen molar-refractivity contribution < 1.29 is 32.4 Å². The monoisotopic (exact) mass is 451 g/mol. The van der Waals surface area contributed by atoms with Crippen LogP contribution in [0, 0.1) is 6.92 Å². The Bertz CT molecular complexity index is 1000. The molecule has 2 aromatic rings. The molecular weight excluding hydrogens is 427 g/mol. The zero-order chi connectivity index (χ0) is 23.7. The quantitative estimate of drug-likeness (QED) is 0.462. The molecule has 0 saturated heterocycles. The van der Waals surface area contributed by atoms with Gasteiger partial charge in [0.1, 0.15) is 19.5 Å². The van der Waals surface area contributed by atoms with Gasteiger partial charge in [-0.15, -0.1) is 0 Å². The Balaban J connectivity index is 2.26. The van der Waals surface area contributed by atoms with Crippen LogP contribution < -0.4 is 10.1 Å². The van der Waals surface area contributed by atoms with E-state index in [9.17, 15) is 18.0 Å². The molecule has 0 atom stereocenters. The fourth-order valence-corrected chi connectivity index (χ4v) is 2.83. The minimum absolute atomic E-state index is 0.00928. The first-order chi connectivity index (χ1) is 15.2. The standard InChI is InChI=1S/C22H24F3N3O4/c1-14-8-7-10-17(20(28-30-4)21(29)26-3)18(14)12-32-27-15(2)16-9-5-6-11-19(16)31-13-22(23,24)25/h5-11H,12-13H2,1-4H3,(H,26,29)/b27-15+,28-20+. The SMILES string of the molecule is CNC(=O)/C(=N/OC)c1cccc(C)c1CO/N=C(\C)c1ccccc1OCC(F)(F)F. The first-order valence-corrected chi connectivity index (χ1v) is 9.55. The van der Waals surface area contributed by atoms with Crippen molar-refractivity contribution in [3.8, 4) is 5.75 Å². The smallest absolute Gasteiger partial charge is 0.422 e. The molecule has 32 heavy (non-hydrogen) atoms. The zero-order valence-electron chi connectivity index (χ0n) is 18.1. The second kappa shape index (κ2) is 11.2. The van der Waals surface area contributed by atoms with E-state index >= 15 is 0 Å². The van der Waals surface area contributed by atoms with Gasteiger partial charge in [0.2, 0.25) is 0 Å². The summed E-state index contributed by atoms with van der Waals surface area (Å²) in [7, 11) is 2.81. The summed E-state index contributed by atoms with van der Waals surface area (Å²) in [5, 5.41) is 10.4. The Kier molecular flexibility index (Phi) is 8.62. The normalized spacial score (nSPS) is 12.3. The predicted molar refractivity (Wildman–Crippen MR) is 114 cm³/mol. The van der Waals surface area contributed by atoms with E-state index in [0.29, 0.717) is 22.4 Å². The van der Waals surface area contributed by atoms with Gasteiger partial charge in [-0.2, -0.15) is 13.2 Å². The van der Waals surface area contributed by atoms with Crippen LogP contribution in [-0.4, -0.2) is 44.3 Å². The summed E-state index contributed by atoms with van der Waals surface area (Å²) in [4.78, 5) is 22.5. The molecule has 0 saturated carbocycles. The van der Waals surface area contributed by atoms with Crippen LogP contribution in [0.3, 0.4) is 0 Å². The van der Waals surface area contributed by atoms with E-state index in [1.54, 1.807) is 37.3 Å². The molecule has 0 unspecified atom stereocenters. The van der Waals surface area contributed by atoms with Crippen LogP contribution in [-0.2, 0) is 21.1 Å². The maximum Gasteiger partial charge on any atom is 0.422 e. The van der Waals surface area contributed by atoms with Gasteiger partial charge in [0.05, 0.1) is 5.71 Å². The number of nitrogens with zero attached hydrogens (tertiary/aromatic N) is 2. The van der Waals surface area contributed by atoms with Crippen molar-refractivity contribution in [1.29, 1.82) is 0 Å². The molecule has 0 radical (unpaired) electrons. The highest BCUT2D eigenvalue weighted by atomic mass is 19.4. The number of aryl methyl sites for hydroxylation is 1. The van der Waals surface area contributed by atoms with Crippen molar-refractivity contribution in [2.24, 2.45) is 10.3 Å². The van der Waals surface area contributed by atoms with Crippen molar-refractivity contribution in [1.82, 2.24) is 5.32 Å². The lowest BCUT2D eigenvalue weighted by molar-refractivity contribution is -0.153. The molecule has 1 amide bonds. The Morgan fingerprint density at radius 2 is 1.75 bits per heavy atom. The Hall–Kier alpha value is -3.56. The number of carbonyl (C=O) groups excluding carboxylic acids is 1. The predicted octanol–water partition coefficient (Wildman–Crippen LogP) is 3.97. The maximum atomic E-state index is 12.5. The summed E-state index contributed by atoms with van der Waals surface area (Å²) in [5.41, 5.74) is 2.77. The van der Waals surface area contributed by atoms with Gasteiger partial charge in [0.15, 0.2) is 12.3 Å². The molecule has 0 aromatic heterocycles. The molecule has 0 aliphatic heterocycles. The lowest BCUT2D eigenvalue weighted by atomic mass is 9.98. The number of para-hydroxylation sites is 1.